The Balaban J connectivity index is 1.49. The molecule has 0 aromatic heterocycles. The summed E-state index contributed by atoms with van der Waals surface area (Å²) < 4.78 is 51.6. The molecule has 3 N–H and O–H groups in total. The standard InChI is InChI=1S/C23H29FN4O5S/c24-17-3-5-18(6-4-17)27-23(29)16-26-22-14-20(34(30,31)28-9-12-32-13-10-28)7-8-21(22)25-15-19-2-1-11-33-19/h3-8,14,19,25-26H,1-2,9-13,15-16H2,(H,27,29). The molecule has 4 rings (SSSR count). The van der Waals surface area contributed by atoms with Crippen LogP contribution in [0, 0.1) is 5.82 Å². The van der Waals surface area contributed by atoms with Gasteiger partial charge in [0.1, 0.15) is 5.82 Å². The largest absolute Gasteiger partial charge is 0.381 e. The summed E-state index contributed by atoms with van der Waals surface area (Å²) in [6.45, 7) is 2.51. The number of hydrogen-bond acceptors (Lipinski definition) is 7. The summed E-state index contributed by atoms with van der Waals surface area (Å²) in [6.07, 6.45) is 2.06. The Morgan fingerprint density at radius 3 is 2.50 bits per heavy atom. The zero-order valence-corrected chi connectivity index (χ0v) is 19.6. The van der Waals surface area contributed by atoms with Gasteiger partial charge in [0.25, 0.3) is 0 Å². The maximum absolute atomic E-state index is 13.1. The van der Waals surface area contributed by atoms with Gasteiger partial charge in [-0.2, -0.15) is 4.31 Å². The Morgan fingerprint density at radius 2 is 1.79 bits per heavy atom. The smallest absolute Gasteiger partial charge is 0.243 e. The Labute approximate surface area is 198 Å². The number of hydrogen-bond donors (Lipinski definition) is 3. The number of carbonyl (C=O) groups is 1. The van der Waals surface area contributed by atoms with Gasteiger partial charge < -0.3 is 25.4 Å². The molecule has 0 spiro atoms. The molecule has 1 unspecified atom stereocenters. The number of nitrogens with one attached hydrogen (secondary N) is 3. The lowest BCUT2D eigenvalue weighted by molar-refractivity contribution is -0.114. The molecule has 2 fully saturated rings. The van der Waals surface area contributed by atoms with E-state index in [1.165, 1.54) is 34.6 Å². The summed E-state index contributed by atoms with van der Waals surface area (Å²) in [5, 5.41) is 9.03. The van der Waals surface area contributed by atoms with E-state index in [2.05, 4.69) is 16.0 Å². The number of sulfonamides is 1. The first-order valence-corrected chi connectivity index (χ1v) is 12.7. The second-order valence-corrected chi connectivity index (χ2v) is 10.1. The van der Waals surface area contributed by atoms with Crippen LogP contribution in [0.2, 0.25) is 0 Å². The third-order valence-electron chi connectivity index (χ3n) is 5.71. The highest BCUT2D eigenvalue weighted by Crippen LogP contribution is 2.28. The van der Waals surface area contributed by atoms with E-state index in [9.17, 15) is 17.6 Å². The third kappa shape index (κ3) is 6.23. The third-order valence-corrected chi connectivity index (χ3v) is 7.61. The van der Waals surface area contributed by atoms with Crippen molar-refractivity contribution in [3.8, 4) is 0 Å². The number of rotatable bonds is 9. The number of anilines is 3. The van der Waals surface area contributed by atoms with Gasteiger partial charge in [0.2, 0.25) is 15.9 Å². The van der Waals surface area contributed by atoms with E-state index in [1.54, 1.807) is 12.1 Å². The zero-order chi connectivity index (χ0) is 24.0. The van der Waals surface area contributed by atoms with Crippen molar-refractivity contribution in [2.24, 2.45) is 0 Å². The Morgan fingerprint density at radius 1 is 1.03 bits per heavy atom. The normalized spacial score (nSPS) is 19.0. The summed E-state index contributed by atoms with van der Waals surface area (Å²) in [6, 6.07) is 10.3. The second kappa shape index (κ2) is 11.1. The van der Waals surface area contributed by atoms with Crippen LogP contribution in [0.1, 0.15) is 12.8 Å². The van der Waals surface area contributed by atoms with Gasteiger partial charge in [0, 0.05) is 31.9 Å². The van der Waals surface area contributed by atoms with Crippen LogP contribution in [0.15, 0.2) is 47.4 Å². The predicted octanol–water partition coefficient (Wildman–Crippen LogP) is 2.49. The number of halogens is 1. The van der Waals surface area contributed by atoms with Gasteiger partial charge >= 0.3 is 0 Å². The highest BCUT2D eigenvalue weighted by Gasteiger charge is 2.27. The van der Waals surface area contributed by atoms with Crippen LogP contribution in [0.3, 0.4) is 0 Å². The van der Waals surface area contributed by atoms with Gasteiger partial charge in [0.15, 0.2) is 0 Å². The quantitative estimate of drug-likeness (QED) is 0.494. The molecule has 184 valence electrons. The van der Waals surface area contributed by atoms with Gasteiger partial charge in [0.05, 0.1) is 42.1 Å². The molecule has 2 aromatic carbocycles. The van der Waals surface area contributed by atoms with Gasteiger partial charge in [-0.3, -0.25) is 4.79 Å². The molecule has 0 bridgehead atoms. The summed E-state index contributed by atoms with van der Waals surface area (Å²) in [4.78, 5) is 12.6. The van der Waals surface area contributed by atoms with Crippen LogP contribution in [0.25, 0.3) is 0 Å². The van der Waals surface area contributed by atoms with E-state index in [0.717, 1.165) is 19.4 Å². The van der Waals surface area contributed by atoms with Crippen LogP contribution in [0.5, 0.6) is 0 Å². The van der Waals surface area contributed by atoms with Crippen molar-refractivity contribution in [2.75, 3.05) is 62.0 Å². The molecule has 2 aliphatic rings. The fraction of sp³-hybridized carbons (Fsp3) is 0.435. The number of ether oxygens (including phenoxy) is 2. The lowest BCUT2D eigenvalue weighted by atomic mass is 10.2. The Hall–Kier alpha value is -2.73. The maximum Gasteiger partial charge on any atom is 0.243 e. The predicted molar refractivity (Wildman–Crippen MR) is 127 cm³/mol. The van der Waals surface area contributed by atoms with Crippen molar-refractivity contribution < 1.29 is 27.1 Å². The monoisotopic (exact) mass is 492 g/mol. The number of amides is 1. The summed E-state index contributed by atoms with van der Waals surface area (Å²) >= 11 is 0. The number of carbonyl (C=O) groups excluding carboxylic acids is 1. The number of benzene rings is 2. The van der Waals surface area contributed by atoms with Crippen LogP contribution in [0.4, 0.5) is 21.5 Å². The van der Waals surface area contributed by atoms with Crippen molar-refractivity contribution in [2.45, 2.75) is 23.8 Å². The van der Waals surface area contributed by atoms with Crippen LogP contribution in [-0.2, 0) is 24.3 Å². The molecule has 0 radical (unpaired) electrons. The molecule has 1 atom stereocenters. The van der Waals surface area contributed by atoms with E-state index >= 15 is 0 Å². The molecule has 0 aliphatic carbocycles. The average Bonchev–Trinajstić information content (AvgIpc) is 3.37. The van der Waals surface area contributed by atoms with E-state index < -0.39 is 15.8 Å². The molecule has 34 heavy (non-hydrogen) atoms. The van der Waals surface area contributed by atoms with Crippen molar-refractivity contribution in [3.05, 3.63) is 48.3 Å². The lowest BCUT2D eigenvalue weighted by Gasteiger charge is -2.26. The SMILES string of the molecule is O=C(CNc1cc(S(=O)(=O)N2CCOCC2)ccc1NCC1CCCO1)Nc1ccc(F)cc1. The van der Waals surface area contributed by atoms with Gasteiger partial charge in [-0.1, -0.05) is 0 Å². The van der Waals surface area contributed by atoms with Crippen LogP contribution < -0.4 is 16.0 Å². The highest BCUT2D eigenvalue weighted by molar-refractivity contribution is 7.89. The average molecular weight is 493 g/mol. The molecule has 9 nitrogen and oxygen atoms in total. The van der Waals surface area contributed by atoms with Gasteiger partial charge in [-0.15, -0.1) is 0 Å². The highest BCUT2D eigenvalue weighted by atomic mass is 32.2. The molecule has 2 heterocycles. The van der Waals surface area contributed by atoms with Crippen molar-refractivity contribution in [1.29, 1.82) is 0 Å². The van der Waals surface area contributed by atoms with E-state index in [1.807, 2.05) is 0 Å². The number of nitrogens with zero attached hydrogens (tertiary/aromatic N) is 1. The second-order valence-electron chi connectivity index (χ2n) is 8.15. The molecular formula is C23H29FN4O5S. The van der Waals surface area contributed by atoms with Crippen LogP contribution in [-0.4, -0.2) is 70.7 Å². The number of morpholine rings is 1. The summed E-state index contributed by atoms with van der Waals surface area (Å²) in [7, 11) is -3.70. The minimum Gasteiger partial charge on any atom is -0.381 e. The minimum absolute atomic E-state index is 0.0892. The maximum atomic E-state index is 13.1. The zero-order valence-electron chi connectivity index (χ0n) is 18.8. The first kappa shape index (κ1) is 24.4. The fourth-order valence-electron chi connectivity index (χ4n) is 3.86. The lowest BCUT2D eigenvalue weighted by Crippen LogP contribution is -2.40. The topological polar surface area (TPSA) is 109 Å². The van der Waals surface area contributed by atoms with E-state index in [4.69, 9.17) is 9.47 Å². The molecule has 11 heteroatoms. The minimum atomic E-state index is -3.70. The van der Waals surface area contributed by atoms with Crippen molar-refractivity contribution in [3.63, 3.8) is 0 Å². The molecule has 2 aromatic rings. The Bertz CT molecular complexity index is 1090. The van der Waals surface area contributed by atoms with Crippen molar-refractivity contribution in [1.82, 2.24) is 4.31 Å². The molecule has 1 amide bonds. The Kier molecular flexibility index (Phi) is 7.99. The first-order chi connectivity index (χ1) is 16.4. The first-order valence-electron chi connectivity index (χ1n) is 11.3. The van der Waals surface area contributed by atoms with Gasteiger partial charge in [-0.25, -0.2) is 12.8 Å². The molecular weight excluding hydrogens is 463 g/mol. The molecule has 2 aliphatic heterocycles. The fourth-order valence-corrected chi connectivity index (χ4v) is 5.30. The van der Waals surface area contributed by atoms with Crippen LogP contribution >= 0.6 is 0 Å². The summed E-state index contributed by atoms with van der Waals surface area (Å²) in [5.74, 6) is -0.741. The van der Waals surface area contributed by atoms with Crippen molar-refractivity contribution >= 4 is 33.0 Å². The van der Waals surface area contributed by atoms with E-state index in [-0.39, 0.29) is 23.5 Å². The molecule has 2 saturated heterocycles. The van der Waals surface area contributed by atoms with E-state index in [0.29, 0.717) is 49.9 Å². The molecule has 0 saturated carbocycles. The van der Waals surface area contributed by atoms with Gasteiger partial charge in [-0.05, 0) is 55.3 Å². The summed E-state index contributed by atoms with van der Waals surface area (Å²) in [5.41, 5.74) is 1.63.